The lowest BCUT2D eigenvalue weighted by Gasteiger charge is -2.11. The molecule has 124 valence electrons. The second-order valence-corrected chi connectivity index (χ2v) is 7.60. The lowest BCUT2D eigenvalue weighted by Crippen LogP contribution is -2.31. The Balaban J connectivity index is 2.61. The summed E-state index contributed by atoms with van der Waals surface area (Å²) in [6.45, 7) is 1.50. The molecule has 0 radical (unpaired) electrons. The molecule has 0 saturated heterocycles. The first-order chi connectivity index (χ1) is 9.99. The maximum atomic E-state index is 11.9. The molecule has 0 unspecified atom stereocenters. The number of carbonyl (C=O) groups is 1. The average molecular weight is 356 g/mol. The molecule has 1 aromatic carbocycles. The molecule has 0 spiro atoms. The number of nitrogens with one attached hydrogen (secondary N) is 2. The van der Waals surface area contributed by atoms with Gasteiger partial charge in [0.2, 0.25) is 0 Å². The largest absolute Gasteiger partial charge is 0.441 e. The number of amides is 2. The Morgan fingerprint density at radius 1 is 1.32 bits per heavy atom. The summed E-state index contributed by atoms with van der Waals surface area (Å²) in [5.41, 5.74) is -3.42. The van der Waals surface area contributed by atoms with Crippen molar-refractivity contribution >= 4 is 33.3 Å². The quantitative estimate of drug-likeness (QED) is 0.796. The number of halogens is 3. The average Bonchev–Trinajstić information content (AvgIpc) is 2.35. The summed E-state index contributed by atoms with van der Waals surface area (Å²) < 4.78 is 58.6. The van der Waals surface area contributed by atoms with Gasteiger partial charge in [0.05, 0.1) is 4.90 Å². The van der Waals surface area contributed by atoms with Gasteiger partial charge in [0.1, 0.15) is 0 Å². The molecule has 0 aliphatic rings. The Hall–Kier alpha value is -1.42. The van der Waals surface area contributed by atoms with Crippen molar-refractivity contribution in [1.29, 1.82) is 0 Å². The lowest BCUT2D eigenvalue weighted by atomic mass is 10.2. The number of sulfone groups is 1. The van der Waals surface area contributed by atoms with Gasteiger partial charge >= 0.3 is 11.5 Å². The van der Waals surface area contributed by atoms with Gasteiger partial charge in [-0.3, -0.25) is 0 Å². The van der Waals surface area contributed by atoms with Gasteiger partial charge in [-0.05, 0) is 36.4 Å². The molecule has 5 nitrogen and oxygen atoms in total. The zero-order valence-electron chi connectivity index (χ0n) is 11.8. The number of benzene rings is 1. The minimum absolute atomic E-state index is 0.0426. The van der Waals surface area contributed by atoms with E-state index in [1.165, 1.54) is 18.2 Å². The van der Waals surface area contributed by atoms with Crippen molar-refractivity contribution in [3.05, 3.63) is 23.8 Å². The Morgan fingerprint density at radius 2 is 1.95 bits per heavy atom. The van der Waals surface area contributed by atoms with E-state index in [9.17, 15) is 26.4 Å². The van der Waals surface area contributed by atoms with Crippen molar-refractivity contribution < 1.29 is 26.4 Å². The summed E-state index contributed by atoms with van der Waals surface area (Å²) in [6.07, 6.45) is 1.04. The van der Waals surface area contributed by atoms with Crippen molar-refractivity contribution in [3.8, 4) is 0 Å². The van der Waals surface area contributed by atoms with Gasteiger partial charge in [-0.1, -0.05) is 6.07 Å². The van der Waals surface area contributed by atoms with E-state index in [1.807, 2.05) is 0 Å². The van der Waals surface area contributed by atoms with Crippen molar-refractivity contribution in [2.45, 2.75) is 17.3 Å². The van der Waals surface area contributed by atoms with Crippen LogP contribution in [-0.2, 0) is 9.84 Å². The molecule has 0 aliphatic carbocycles. The van der Waals surface area contributed by atoms with E-state index in [1.54, 1.807) is 6.92 Å². The summed E-state index contributed by atoms with van der Waals surface area (Å²) in [5.74, 6) is -0.306. The van der Waals surface area contributed by atoms with Crippen molar-refractivity contribution in [1.82, 2.24) is 5.32 Å². The minimum Gasteiger partial charge on any atom is -0.337 e. The third kappa shape index (κ3) is 6.56. The van der Waals surface area contributed by atoms with Crippen LogP contribution in [0.25, 0.3) is 0 Å². The molecule has 0 bridgehead atoms. The fourth-order valence-corrected chi connectivity index (χ4v) is 2.55. The van der Waals surface area contributed by atoms with Crippen LogP contribution in [0.3, 0.4) is 0 Å². The highest BCUT2D eigenvalue weighted by Crippen LogP contribution is 2.29. The number of anilines is 1. The molecule has 1 aromatic rings. The van der Waals surface area contributed by atoms with Crippen LogP contribution in [0, 0.1) is 6.92 Å². The maximum absolute atomic E-state index is 11.9. The van der Waals surface area contributed by atoms with Gasteiger partial charge in [0.25, 0.3) is 0 Å². The van der Waals surface area contributed by atoms with Gasteiger partial charge in [-0.2, -0.15) is 13.2 Å². The highest BCUT2D eigenvalue weighted by atomic mass is 32.2. The predicted molar refractivity (Wildman–Crippen MR) is 79.8 cm³/mol. The van der Waals surface area contributed by atoms with Crippen LogP contribution in [0.4, 0.5) is 23.7 Å². The summed E-state index contributed by atoms with van der Waals surface area (Å²) in [4.78, 5) is 11.6. The predicted octanol–water partition coefficient (Wildman–Crippen LogP) is 2.77. The minimum atomic E-state index is -4.33. The zero-order chi connectivity index (χ0) is 17.0. The SMILES string of the molecule is Cc1ccc(S(C)(=O)=O)cc1NC(=O)NCCSC(F)(F)F. The second-order valence-electron chi connectivity index (χ2n) is 4.42. The number of urea groups is 1. The van der Waals surface area contributed by atoms with Crippen molar-refractivity contribution in [3.63, 3.8) is 0 Å². The van der Waals surface area contributed by atoms with Crippen LogP contribution < -0.4 is 10.6 Å². The van der Waals surface area contributed by atoms with Crippen molar-refractivity contribution in [2.75, 3.05) is 23.9 Å². The van der Waals surface area contributed by atoms with Gasteiger partial charge in [-0.15, -0.1) is 0 Å². The Morgan fingerprint density at radius 3 is 2.50 bits per heavy atom. The first-order valence-electron chi connectivity index (χ1n) is 6.05. The summed E-state index contributed by atoms with van der Waals surface area (Å²) >= 11 is -0.231. The van der Waals surface area contributed by atoms with Crippen LogP contribution in [0.2, 0.25) is 0 Å². The third-order valence-corrected chi connectivity index (χ3v) is 4.38. The summed E-state index contributed by atoms with van der Waals surface area (Å²) in [5, 5.41) is 4.68. The van der Waals surface area contributed by atoms with E-state index in [-0.39, 0.29) is 34.6 Å². The molecule has 0 aliphatic heterocycles. The van der Waals surface area contributed by atoms with E-state index in [0.29, 0.717) is 5.56 Å². The first kappa shape index (κ1) is 18.6. The Kier molecular flexibility index (Phi) is 6.12. The van der Waals surface area contributed by atoms with Crippen LogP contribution in [0.1, 0.15) is 5.56 Å². The molecule has 0 heterocycles. The molecule has 0 saturated carbocycles. The van der Waals surface area contributed by atoms with Crippen LogP contribution >= 0.6 is 11.8 Å². The van der Waals surface area contributed by atoms with Gasteiger partial charge in [0, 0.05) is 24.2 Å². The van der Waals surface area contributed by atoms with E-state index < -0.39 is 21.4 Å². The second kappa shape index (κ2) is 7.23. The van der Waals surface area contributed by atoms with Gasteiger partial charge in [-0.25, -0.2) is 13.2 Å². The molecular formula is C12H15F3N2O3S2. The number of aryl methyl sites for hydroxylation is 1. The number of carbonyl (C=O) groups excluding carboxylic acids is 1. The zero-order valence-corrected chi connectivity index (χ0v) is 13.5. The maximum Gasteiger partial charge on any atom is 0.441 e. The van der Waals surface area contributed by atoms with Gasteiger partial charge in [0.15, 0.2) is 9.84 Å². The van der Waals surface area contributed by atoms with E-state index in [4.69, 9.17) is 0 Å². The number of hydrogen-bond donors (Lipinski definition) is 2. The number of rotatable bonds is 5. The van der Waals surface area contributed by atoms with E-state index >= 15 is 0 Å². The number of hydrogen-bond acceptors (Lipinski definition) is 4. The van der Waals surface area contributed by atoms with E-state index in [0.717, 1.165) is 6.26 Å². The molecule has 1 rings (SSSR count). The molecule has 0 atom stereocenters. The topological polar surface area (TPSA) is 75.3 Å². The molecule has 2 amide bonds. The molecular weight excluding hydrogens is 341 g/mol. The normalized spacial score (nSPS) is 12.0. The Labute approximate surface area is 130 Å². The molecule has 2 N–H and O–H groups in total. The smallest absolute Gasteiger partial charge is 0.337 e. The standard InChI is InChI=1S/C12H15F3N2O3S2/c1-8-3-4-9(22(2,19)20)7-10(8)17-11(18)16-5-6-21-12(13,14)15/h3-4,7H,5-6H2,1-2H3,(H2,16,17,18). The number of alkyl halides is 3. The molecule has 0 fully saturated rings. The summed E-state index contributed by atoms with van der Waals surface area (Å²) in [6, 6.07) is 3.55. The third-order valence-electron chi connectivity index (χ3n) is 2.54. The van der Waals surface area contributed by atoms with Crippen LogP contribution in [-0.4, -0.2) is 38.5 Å². The highest BCUT2D eigenvalue weighted by Gasteiger charge is 2.27. The Bertz CT molecular complexity index is 646. The van der Waals surface area contributed by atoms with Gasteiger partial charge < -0.3 is 10.6 Å². The molecule has 22 heavy (non-hydrogen) atoms. The fourth-order valence-electron chi connectivity index (χ4n) is 1.46. The van der Waals surface area contributed by atoms with Crippen LogP contribution in [0.15, 0.2) is 23.1 Å². The summed E-state index contributed by atoms with van der Waals surface area (Å²) in [7, 11) is -3.42. The van der Waals surface area contributed by atoms with Crippen LogP contribution in [0.5, 0.6) is 0 Å². The van der Waals surface area contributed by atoms with Crippen molar-refractivity contribution in [2.24, 2.45) is 0 Å². The monoisotopic (exact) mass is 356 g/mol. The number of thioether (sulfide) groups is 1. The molecule has 10 heteroatoms. The fraction of sp³-hybridized carbons (Fsp3) is 0.417. The first-order valence-corrected chi connectivity index (χ1v) is 8.93. The van der Waals surface area contributed by atoms with E-state index in [2.05, 4.69) is 10.6 Å². The molecule has 0 aromatic heterocycles. The highest BCUT2D eigenvalue weighted by molar-refractivity contribution is 8.00. The lowest BCUT2D eigenvalue weighted by molar-refractivity contribution is -0.0327.